The average molecular weight is 282 g/mol. The van der Waals surface area contributed by atoms with E-state index >= 15 is 0 Å². The molecule has 100 valence electrons. The number of nitrogens with zero attached hydrogens (tertiary/aromatic N) is 3. The first-order chi connectivity index (χ1) is 9.08. The zero-order chi connectivity index (χ0) is 13.8. The molecule has 7 nitrogen and oxygen atoms in total. The summed E-state index contributed by atoms with van der Waals surface area (Å²) in [6.45, 7) is 0.0217. The summed E-state index contributed by atoms with van der Waals surface area (Å²) >= 11 is 5.96. The SMILES string of the molecule is COc1ccc(NC(=O)Cn2cnc(N)n2)cc1Cl. The first-order valence-corrected chi connectivity index (χ1v) is 5.74. The first-order valence-electron chi connectivity index (χ1n) is 5.37. The minimum atomic E-state index is -0.258. The number of ether oxygens (including phenoxy) is 1. The van der Waals surface area contributed by atoms with E-state index in [2.05, 4.69) is 15.4 Å². The Hall–Kier alpha value is -2.28. The van der Waals surface area contributed by atoms with E-state index in [0.29, 0.717) is 16.5 Å². The van der Waals surface area contributed by atoms with Crippen LogP contribution in [0.15, 0.2) is 24.5 Å². The van der Waals surface area contributed by atoms with Crippen LogP contribution in [-0.2, 0) is 11.3 Å². The Morgan fingerprint density at radius 3 is 2.95 bits per heavy atom. The van der Waals surface area contributed by atoms with Gasteiger partial charge in [-0.3, -0.25) is 4.79 Å². The average Bonchev–Trinajstić information content (AvgIpc) is 2.74. The zero-order valence-electron chi connectivity index (χ0n) is 10.1. The van der Waals surface area contributed by atoms with Crippen molar-refractivity contribution in [3.63, 3.8) is 0 Å². The number of nitrogen functional groups attached to an aromatic ring is 1. The number of nitrogens with two attached hydrogens (primary N) is 1. The number of nitrogens with one attached hydrogen (secondary N) is 1. The van der Waals surface area contributed by atoms with E-state index in [4.69, 9.17) is 22.1 Å². The molecule has 0 aliphatic rings. The number of aromatic nitrogens is 3. The van der Waals surface area contributed by atoms with Gasteiger partial charge in [-0.15, -0.1) is 5.10 Å². The zero-order valence-corrected chi connectivity index (χ0v) is 10.9. The summed E-state index contributed by atoms with van der Waals surface area (Å²) in [5.74, 6) is 0.412. The lowest BCUT2D eigenvalue weighted by atomic mass is 10.3. The minimum absolute atomic E-state index is 0.0217. The van der Waals surface area contributed by atoms with Crippen LogP contribution in [0, 0.1) is 0 Å². The Kier molecular flexibility index (Phi) is 3.86. The van der Waals surface area contributed by atoms with Crippen LogP contribution in [0.3, 0.4) is 0 Å². The Labute approximate surface area is 114 Å². The molecule has 1 aromatic heterocycles. The van der Waals surface area contributed by atoms with Gasteiger partial charge >= 0.3 is 0 Å². The van der Waals surface area contributed by atoms with Crippen molar-refractivity contribution < 1.29 is 9.53 Å². The number of carbonyl (C=O) groups excluding carboxylic acids is 1. The van der Waals surface area contributed by atoms with E-state index in [9.17, 15) is 4.79 Å². The largest absolute Gasteiger partial charge is 0.495 e. The summed E-state index contributed by atoms with van der Waals surface area (Å²) in [6, 6.07) is 4.97. The molecule has 1 aromatic carbocycles. The van der Waals surface area contributed by atoms with Gasteiger partial charge in [0.25, 0.3) is 0 Å². The number of carbonyl (C=O) groups is 1. The molecule has 0 saturated carbocycles. The van der Waals surface area contributed by atoms with Crippen LogP contribution < -0.4 is 15.8 Å². The molecule has 0 atom stereocenters. The van der Waals surface area contributed by atoms with E-state index in [-0.39, 0.29) is 18.4 Å². The molecule has 0 aliphatic carbocycles. The molecule has 1 amide bonds. The number of hydrogen-bond donors (Lipinski definition) is 2. The number of halogens is 1. The molecule has 0 aliphatic heterocycles. The summed E-state index contributed by atoms with van der Waals surface area (Å²) in [5, 5.41) is 6.92. The first kappa shape index (κ1) is 13.2. The van der Waals surface area contributed by atoms with Gasteiger partial charge in [-0.05, 0) is 18.2 Å². The lowest BCUT2D eigenvalue weighted by Crippen LogP contribution is -2.19. The van der Waals surface area contributed by atoms with Crippen molar-refractivity contribution in [2.24, 2.45) is 0 Å². The Balaban J connectivity index is 2.00. The van der Waals surface area contributed by atoms with Crippen molar-refractivity contribution in [2.75, 3.05) is 18.2 Å². The highest BCUT2D eigenvalue weighted by Crippen LogP contribution is 2.27. The molecule has 19 heavy (non-hydrogen) atoms. The van der Waals surface area contributed by atoms with Crippen LogP contribution >= 0.6 is 11.6 Å². The number of rotatable bonds is 4. The highest BCUT2D eigenvalue weighted by atomic mass is 35.5. The Morgan fingerprint density at radius 2 is 2.37 bits per heavy atom. The number of methoxy groups -OCH3 is 1. The highest BCUT2D eigenvalue weighted by molar-refractivity contribution is 6.32. The summed E-state index contributed by atoms with van der Waals surface area (Å²) in [4.78, 5) is 15.5. The van der Waals surface area contributed by atoms with Gasteiger partial charge in [0.05, 0.1) is 12.1 Å². The summed E-state index contributed by atoms with van der Waals surface area (Å²) in [6.07, 6.45) is 1.38. The van der Waals surface area contributed by atoms with E-state index in [1.165, 1.54) is 18.1 Å². The smallest absolute Gasteiger partial charge is 0.246 e. The molecule has 0 radical (unpaired) electrons. The maximum Gasteiger partial charge on any atom is 0.246 e. The maximum atomic E-state index is 11.7. The summed E-state index contributed by atoms with van der Waals surface area (Å²) < 4.78 is 6.37. The number of anilines is 2. The van der Waals surface area contributed by atoms with Crippen molar-refractivity contribution in [1.29, 1.82) is 0 Å². The molecule has 0 unspecified atom stereocenters. The molecule has 0 spiro atoms. The lowest BCUT2D eigenvalue weighted by molar-refractivity contribution is -0.116. The minimum Gasteiger partial charge on any atom is -0.495 e. The monoisotopic (exact) mass is 281 g/mol. The van der Waals surface area contributed by atoms with Gasteiger partial charge in [0.1, 0.15) is 18.6 Å². The van der Waals surface area contributed by atoms with Gasteiger partial charge in [0.2, 0.25) is 11.9 Å². The molecular formula is C11H12ClN5O2. The van der Waals surface area contributed by atoms with Crippen LogP contribution in [0.1, 0.15) is 0 Å². The fraction of sp³-hybridized carbons (Fsp3) is 0.182. The van der Waals surface area contributed by atoms with Gasteiger partial charge < -0.3 is 15.8 Å². The molecule has 3 N–H and O–H groups in total. The van der Waals surface area contributed by atoms with E-state index in [1.807, 2.05) is 0 Å². The quantitative estimate of drug-likeness (QED) is 0.877. The lowest BCUT2D eigenvalue weighted by Gasteiger charge is -2.07. The van der Waals surface area contributed by atoms with Crippen LogP contribution in [0.4, 0.5) is 11.6 Å². The second-order valence-electron chi connectivity index (χ2n) is 3.70. The molecule has 0 fully saturated rings. The summed E-state index contributed by atoms with van der Waals surface area (Å²) in [7, 11) is 1.52. The summed E-state index contributed by atoms with van der Waals surface area (Å²) in [5.41, 5.74) is 5.93. The van der Waals surface area contributed by atoms with Gasteiger partial charge in [-0.1, -0.05) is 11.6 Å². The second kappa shape index (κ2) is 5.57. The van der Waals surface area contributed by atoms with E-state index in [0.717, 1.165) is 0 Å². The molecule has 2 aromatic rings. The fourth-order valence-electron chi connectivity index (χ4n) is 1.48. The van der Waals surface area contributed by atoms with Gasteiger partial charge in [0.15, 0.2) is 0 Å². The van der Waals surface area contributed by atoms with Gasteiger partial charge in [-0.25, -0.2) is 9.67 Å². The van der Waals surface area contributed by atoms with Crippen molar-refractivity contribution in [1.82, 2.24) is 14.8 Å². The molecule has 0 saturated heterocycles. The van der Waals surface area contributed by atoms with Crippen LogP contribution in [-0.4, -0.2) is 27.8 Å². The van der Waals surface area contributed by atoms with Crippen LogP contribution in [0.2, 0.25) is 5.02 Å². The van der Waals surface area contributed by atoms with Crippen molar-refractivity contribution in [3.8, 4) is 5.75 Å². The normalized spacial score (nSPS) is 10.2. The molecule has 0 bridgehead atoms. The van der Waals surface area contributed by atoms with E-state index < -0.39 is 0 Å². The predicted octanol–water partition coefficient (Wildman–Crippen LogP) is 1.16. The van der Waals surface area contributed by atoms with Crippen LogP contribution in [0.5, 0.6) is 5.75 Å². The predicted molar refractivity (Wildman–Crippen MR) is 71.1 cm³/mol. The standard InChI is InChI=1S/C11H12ClN5O2/c1-19-9-3-2-7(4-8(9)12)15-10(18)5-17-6-14-11(13)16-17/h2-4,6H,5H2,1H3,(H2,13,16)(H,15,18). The number of benzene rings is 1. The van der Waals surface area contributed by atoms with Crippen molar-refractivity contribution in [3.05, 3.63) is 29.5 Å². The maximum absolute atomic E-state index is 11.7. The Bertz CT molecular complexity index is 599. The third-order valence-electron chi connectivity index (χ3n) is 2.30. The Morgan fingerprint density at radius 1 is 1.58 bits per heavy atom. The molecule has 2 rings (SSSR count). The third kappa shape index (κ3) is 3.35. The van der Waals surface area contributed by atoms with Gasteiger partial charge in [0, 0.05) is 5.69 Å². The van der Waals surface area contributed by atoms with Gasteiger partial charge in [-0.2, -0.15) is 0 Å². The van der Waals surface area contributed by atoms with Crippen LogP contribution in [0.25, 0.3) is 0 Å². The third-order valence-corrected chi connectivity index (χ3v) is 2.59. The molecule has 8 heteroatoms. The molecular weight excluding hydrogens is 270 g/mol. The fourth-order valence-corrected chi connectivity index (χ4v) is 1.73. The number of hydrogen-bond acceptors (Lipinski definition) is 5. The van der Waals surface area contributed by atoms with E-state index in [1.54, 1.807) is 18.2 Å². The highest BCUT2D eigenvalue weighted by Gasteiger charge is 2.07. The van der Waals surface area contributed by atoms with Crippen molar-refractivity contribution in [2.45, 2.75) is 6.54 Å². The second-order valence-corrected chi connectivity index (χ2v) is 4.11. The topological polar surface area (TPSA) is 95.1 Å². The number of amides is 1. The van der Waals surface area contributed by atoms with Crippen molar-refractivity contribution >= 4 is 29.1 Å². The molecule has 1 heterocycles.